The van der Waals surface area contributed by atoms with Gasteiger partial charge in [0, 0.05) is 23.4 Å². The molecule has 4 rings (SSSR count). The van der Waals surface area contributed by atoms with E-state index in [2.05, 4.69) is 113 Å². The van der Waals surface area contributed by atoms with Gasteiger partial charge in [-0.2, -0.15) is 0 Å². The average Bonchev–Trinajstić information content (AvgIpc) is 3.18. The third-order valence-corrected chi connectivity index (χ3v) is 5.32. The van der Waals surface area contributed by atoms with Crippen LogP contribution in [0.5, 0.6) is 0 Å². The predicted molar refractivity (Wildman–Crippen MR) is 123 cm³/mol. The second-order valence-electron chi connectivity index (χ2n) is 7.30. The van der Waals surface area contributed by atoms with Crippen LogP contribution in [0.3, 0.4) is 0 Å². The second-order valence-corrected chi connectivity index (χ2v) is 7.30. The molecule has 0 amide bonds. The van der Waals surface area contributed by atoms with Crippen molar-refractivity contribution in [3.8, 4) is 0 Å². The summed E-state index contributed by atoms with van der Waals surface area (Å²) in [6.45, 7) is 6.12. The van der Waals surface area contributed by atoms with E-state index in [4.69, 9.17) is 0 Å². The largest absolute Gasteiger partial charge is 0.351 e. The van der Waals surface area contributed by atoms with Crippen molar-refractivity contribution in [2.75, 3.05) is 31.2 Å². The first-order valence-electron chi connectivity index (χ1n) is 10.5. The fourth-order valence-corrected chi connectivity index (χ4v) is 3.97. The van der Waals surface area contributed by atoms with Crippen LogP contribution in [0.2, 0.25) is 0 Å². The smallest absolute Gasteiger partial charge is 0.0953 e. The molecule has 3 aromatic rings. The van der Waals surface area contributed by atoms with Crippen LogP contribution in [0.15, 0.2) is 91.0 Å². The highest BCUT2D eigenvalue weighted by molar-refractivity contribution is 5.99. The number of anilines is 1. The molecule has 0 atom stereocenters. The van der Waals surface area contributed by atoms with Gasteiger partial charge in [0.1, 0.15) is 0 Å². The minimum absolute atomic E-state index is 0.866. The van der Waals surface area contributed by atoms with Crippen LogP contribution in [-0.2, 0) is 0 Å². The van der Waals surface area contributed by atoms with E-state index in [1.807, 2.05) is 0 Å². The van der Waals surface area contributed by atoms with Crippen LogP contribution in [0.1, 0.15) is 24.5 Å². The Labute approximate surface area is 174 Å². The van der Waals surface area contributed by atoms with Crippen LogP contribution >= 0.6 is 0 Å². The molecule has 0 spiro atoms. The van der Waals surface area contributed by atoms with Gasteiger partial charge in [-0.1, -0.05) is 85.8 Å². The minimum atomic E-state index is 0.866. The van der Waals surface area contributed by atoms with E-state index < -0.39 is 0 Å². The standard InChI is InChI=1S/C26H29N3/c1-2-27-19-12-20-28-21-29(24-17-10-5-11-18-24)26(23-15-8-4-9-16-23)25(28)22-13-6-3-7-14-22/h3-11,13-18,27H,2,12,19-21H2,1H3. The fraction of sp³-hybridized carbons (Fsp3) is 0.231. The maximum Gasteiger partial charge on any atom is 0.0953 e. The van der Waals surface area contributed by atoms with E-state index in [1.165, 1.54) is 28.2 Å². The van der Waals surface area contributed by atoms with E-state index in [1.54, 1.807) is 0 Å². The van der Waals surface area contributed by atoms with Gasteiger partial charge < -0.3 is 15.1 Å². The van der Waals surface area contributed by atoms with Gasteiger partial charge in [0.05, 0.1) is 18.1 Å². The molecule has 3 heteroatoms. The van der Waals surface area contributed by atoms with E-state index in [0.29, 0.717) is 0 Å². The molecule has 0 fully saturated rings. The molecule has 0 saturated carbocycles. The molecular weight excluding hydrogens is 354 g/mol. The lowest BCUT2D eigenvalue weighted by Crippen LogP contribution is -2.29. The van der Waals surface area contributed by atoms with Gasteiger partial charge in [-0.3, -0.25) is 0 Å². The summed E-state index contributed by atoms with van der Waals surface area (Å²) in [5, 5.41) is 3.46. The number of hydrogen-bond acceptors (Lipinski definition) is 3. The van der Waals surface area contributed by atoms with Crippen LogP contribution in [-0.4, -0.2) is 31.2 Å². The van der Waals surface area contributed by atoms with Crippen molar-refractivity contribution >= 4 is 17.1 Å². The Morgan fingerprint density at radius 1 is 0.724 bits per heavy atom. The quantitative estimate of drug-likeness (QED) is 0.533. The lowest BCUT2D eigenvalue weighted by atomic mass is 10.0. The molecule has 0 aromatic heterocycles. The normalized spacial score (nSPS) is 14.0. The first-order valence-corrected chi connectivity index (χ1v) is 10.5. The Kier molecular flexibility index (Phi) is 6.28. The van der Waals surface area contributed by atoms with Crippen molar-refractivity contribution in [3.05, 3.63) is 102 Å². The van der Waals surface area contributed by atoms with Crippen molar-refractivity contribution in [1.82, 2.24) is 10.2 Å². The van der Waals surface area contributed by atoms with Gasteiger partial charge in [0.25, 0.3) is 0 Å². The maximum absolute atomic E-state index is 3.46. The fourth-order valence-electron chi connectivity index (χ4n) is 3.97. The highest BCUT2D eigenvalue weighted by Crippen LogP contribution is 2.40. The number of nitrogens with zero attached hydrogens (tertiary/aromatic N) is 2. The van der Waals surface area contributed by atoms with Crippen LogP contribution in [0.25, 0.3) is 11.4 Å². The van der Waals surface area contributed by atoms with Gasteiger partial charge in [0.2, 0.25) is 0 Å². The Morgan fingerprint density at radius 2 is 1.28 bits per heavy atom. The Bertz CT molecular complexity index is 920. The van der Waals surface area contributed by atoms with Gasteiger partial charge in [0.15, 0.2) is 0 Å². The second kappa shape index (κ2) is 9.44. The summed E-state index contributed by atoms with van der Waals surface area (Å²) in [5.74, 6) is 0. The lowest BCUT2D eigenvalue weighted by molar-refractivity contribution is 0.411. The maximum atomic E-state index is 3.46. The molecule has 148 valence electrons. The topological polar surface area (TPSA) is 18.5 Å². The van der Waals surface area contributed by atoms with E-state index in [9.17, 15) is 0 Å². The number of hydrogen-bond donors (Lipinski definition) is 1. The summed E-state index contributed by atoms with van der Waals surface area (Å²) in [7, 11) is 0. The van der Waals surface area contributed by atoms with Crippen molar-refractivity contribution in [2.45, 2.75) is 13.3 Å². The zero-order chi connectivity index (χ0) is 19.9. The molecule has 1 aliphatic rings. The summed E-state index contributed by atoms with van der Waals surface area (Å²) >= 11 is 0. The molecule has 1 heterocycles. The van der Waals surface area contributed by atoms with Crippen LogP contribution < -0.4 is 10.2 Å². The van der Waals surface area contributed by atoms with Crippen LogP contribution in [0.4, 0.5) is 5.69 Å². The highest BCUT2D eigenvalue weighted by Gasteiger charge is 2.31. The first-order chi connectivity index (χ1) is 14.4. The van der Waals surface area contributed by atoms with Crippen molar-refractivity contribution in [1.29, 1.82) is 0 Å². The van der Waals surface area contributed by atoms with E-state index in [-0.39, 0.29) is 0 Å². The Hall–Kier alpha value is -3.04. The van der Waals surface area contributed by atoms with Gasteiger partial charge in [-0.05, 0) is 31.6 Å². The third kappa shape index (κ3) is 4.36. The molecule has 29 heavy (non-hydrogen) atoms. The molecule has 3 aromatic carbocycles. The lowest BCUT2D eigenvalue weighted by Gasteiger charge is -2.25. The SMILES string of the molecule is CCNCCCN1CN(c2ccccc2)C(c2ccccc2)=C1c1ccccc1. The number of para-hydroxylation sites is 1. The van der Waals surface area contributed by atoms with Gasteiger partial charge in [-0.15, -0.1) is 0 Å². The van der Waals surface area contributed by atoms with Crippen molar-refractivity contribution in [3.63, 3.8) is 0 Å². The summed E-state index contributed by atoms with van der Waals surface area (Å²) in [4.78, 5) is 4.98. The Balaban J connectivity index is 1.80. The number of nitrogens with one attached hydrogen (secondary N) is 1. The third-order valence-electron chi connectivity index (χ3n) is 5.32. The van der Waals surface area contributed by atoms with Crippen LogP contribution in [0, 0.1) is 0 Å². The zero-order valence-corrected chi connectivity index (χ0v) is 17.1. The number of rotatable bonds is 8. The van der Waals surface area contributed by atoms with E-state index >= 15 is 0 Å². The van der Waals surface area contributed by atoms with Crippen molar-refractivity contribution in [2.24, 2.45) is 0 Å². The summed E-state index contributed by atoms with van der Waals surface area (Å²) in [6.07, 6.45) is 1.12. The van der Waals surface area contributed by atoms with E-state index in [0.717, 1.165) is 32.7 Å². The summed E-state index contributed by atoms with van der Waals surface area (Å²) in [6, 6.07) is 32.3. The van der Waals surface area contributed by atoms with Gasteiger partial charge >= 0.3 is 0 Å². The molecule has 0 saturated heterocycles. The average molecular weight is 384 g/mol. The molecule has 0 bridgehead atoms. The molecule has 3 nitrogen and oxygen atoms in total. The molecule has 1 N–H and O–H groups in total. The van der Waals surface area contributed by atoms with Gasteiger partial charge in [-0.25, -0.2) is 0 Å². The highest BCUT2D eigenvalue weighted by atomic mass is 15.4. The molecule has 0 radical (unpaired) electrons. The summed E-state index contributed by atoms with van der Waals surface area (Å²) in [5.41, 5.74) is 6.36. The van der Waals surface area contributed by atoms with Crippen molar-refractivity contribution < 1.29 is 0 Å². The molecule has 0 unspecified atom stereocenters. The molecule has 0 aliphatic carbocycles. The number of benzene rings is 3. The Morgan fingerprint density at radius 3 is 1.86 bits per heavy atom. The molecular formula is C26H29N3. The zero-order valence-electron chi connectivity index (χ0n) is 17.1. The molecule has 1 aliphatic heterocycles. The monoisotopic (exact) mass is 383 g/mol. The summed E-state index contributed by atoms with van der Waals surface area (Å²) < 4.78 is 0. The minimum Gasteiger partial charge on any atom is -0.351 e. The predicted octanol–water partition coefficient (Wildman–Crippen LogP) is 5.29. The first kappa shape index (κ1) is 19.3.